The van der Waals surface area contributed by atoms with Crippen LogP contribution in [-0.4, -0.2) is 28.8 Å². The minimum absolute atomic E-state index is 0.0512. The van der Waals surface area contributed by atoms with Gasteiger partial charge in [-0.3, -0.25) is 9.59 Å². The molecule has 1 saturated carbocycles. The second kappa shape index (κ2) is 7.77. The molecule has 0 aliphatic heterocycles. The van der Waals surface area contributed by atoms with Gasteiger partial charge in [-0.15, -0.1) is 0 Å². The molecule has 0 saturated heterocycles. The van der Waals surface area contributed by atoms with Crippen molar-refractivity contribution in [3.05, 3.63) is 30.3 Å². The molecule has 0 N–H and O–H groups in total. The Morgan fingerprint density at radius 3 is 2.45 bits per heavy atom. The molecule has 4 nitrogen and oxygen atoms in total. The van der Waals surface area contributed by atoms with E-state index in [2.05, 4.69) is 15.9 Å². The lowest BCUT2D eigenvalue weighted by Gasteiger charge is -2.32. The summed E-state index contributed by atoms with van der Waals surface area (Å²) in [5.74, 6) is -0.163. The van der Waals surface area contributed by atoms with Crippen LogP contribution in [0.4, 0.5) is 5.69 Å². The summed E-state index contributed by atoms with van der Waals surface area (Å²) in [4.78, 5) is 26.2. The third kappa shape index (κ3) is 3.88. The monoisotopic (exact) mass is 367 g/mol. The van der Waals surface area contributed by atoms with Crippen LogP contribution >= 0.6 is 15.9 Å². The lowest BCUT2D eigenvalue weighted by molar-refractivity contribution is -0.149. The van der Waals surface area contributed by atoms with Crippen LogP contribution in [0.15, 0.2) is 30.3 Å². The molecule has 1 aromatic carbocycles. The van der Waals surface area contributed by atoms with Crippen LogP contribution in [0.25, 0.3) is 0 Å². The number of carbonyl (C=O) groups is 2. The number of amides is 1. The Labute approximate surface area is 140 Å². The van der Waals surface area contributed by atoms with Gasteiger partial charge in [0.15, 0.2) is 0 Å². The zero-order chi connectivity index (χ0) is 16.1. The molecule has 0 bridgehead atoms. The van der Waals surface area contributed by atoms with Crippen molar-refractivity contribution in [1.29, 1.82) is 0 Å². The molecule has 0 radical (unpaired) electrons. The third-order valence-electron chi connectivity index (χ3n) is 3.92. The van der Waals surface area contributed by atoms with Crippen molar-refractivity contribution in [2.24, 2.45) is 0 Å². The Balaban J connectivity index is 2.28. The summed E-state index contributed by atoms with van der Waals surface area (Å²) < 4.78 is 5.58. The van der Waals surface area contributed by atoms with Gasteiger partial charge in [-0.2, -0.15) is 0 Å². The summed E-state index contributed by atoms with van der Waals surface area (Å²) in [7, 11) is 0. The molecule has 3 atom stereocenters. The van der Waals surface area contributed by atoms with Crippen molar-refractivity contribution in [3.8, 4) is 0 Å². The van der Waals surface area contributed by atoms with Crippen LogP contribution < -0.4 is 4.90 Å². The highest BCUT2D eigenvalue weighted by Crippen LogP contribution is 2.35. The number of ether oxygens (including phenoxy) is 1. The largest absolute Gasteiger partial charge is 0.460 e. The molecule has 3 unspecified atom stereocenters. The van der Waals surface area contributed by atoms with Gasteiger partial charge in [-0.05, 0) is 25.0 Å². The predicted molar refractivity (Wildman–Crippen MR) is 90.1 cm³/mol. The molecule has 0 spiro atoms. The average Bonchev–Trinajstić information content (AvgIpc) is 2.88. The third-order valence-corrected chi connectivity index (χ3v) is 4.67. The molecule has 120 valence electrons. The first-order valence-electron chi connectivity index (χ1n) is 7.77. The summed E-state index contributed by atoms with van der Waals surface area (Å²) in [6.07, 6.45) is 2.03. The van der Waals surface area contributed by atoms with Gasteiger partial charge in [-0.25, -0.2) is 0 Å². The number of halogens is 1. The van der Waals surface area contributed by atoms with E-state index in [1.165, 1.54) is 0 Å². The van der Waals surface area contributed by atoms with E-state index in [1.54, 1.807) is 11.8 Å². The number of carbonyl (C=O) groups excluding carboxylic acids is 2. The lowest BCUT2D eigenvalue weighted by Crippen LogP contribution is -2.46. The quantitative estimate of drug-likeness (QED) is 0.589. The molecule has 1 aliphatic rings. The van der Waals surface area contributed by atoms with Crippen LogP contribution in [-0.2, 0) is 14.3 Å². The highest BCUT2D eigenvalue weighted by molar-refractivity contribution is 9.09. The molecule has 1 aliphatic carbocycles. The Kier molecular flexibility index (Phi) is 6.00. The van der Waals surface area contributed by atoms with Gasteiger partial charge in [0.05, 0.1) is 6.04 Å². The van der Waals surface area contributed by atoms with Crippen LogP contribution in [0, 0.1) is 0 Å². The Morgan fingerprint density at radius 2 is 1.86 bits per heavy atom. The first kappa shape index (κ1) is 17.0. The van der Waals surface area contributed by atoms with Crippen molar-refractivity contribution in [2.75, 3.05) is 4.90 Å². The van der Waals surface area contributed by atoms with Gasteiger partial charge >= 0.3 is 5.97 Å². The second-order valence-corrected chi connectivity index (χ2v) is 6.77. The van der Waals surface area contributed by atoms with Crippen LogP contribution in [0.5, 0.6) is 0 Å². The van der Waals surface area contributed by atoms with E-state index in [1.807, 2.05) is 37.3 Å². The van der Waals surface area contributed by atoms with Crippen molar-refractivity contribution in [1.82, 2.24) is 0 Å². The van der Waals surface area contributed by atoms with E-state index in [0.717, 1.165) is 18.5 Å². The molecule has 1 aromatic rings. The summed E-state index contributed by atoms with van der Waals surface area (Å²) >= 11 is 3.61. The first-order chi connectivity index (χ1) is 10.6. The molecule has 5 heteroatoms. The molecule has 0 heterocycles. The van der Waals surface area contributed by atoms with E-state index in [4.69, 9.17) is 4.74 Å². The molecule has 0 aromatic heterocycles. The molecule has 2 rings (SSSR count). The summed E-state index contributed by atoms with van der Waals surface area (Å²) in [5.41, 5.74) is 0.860. The van der Waals surface area contributed by atoms with Gasteiger partial charge < -0.3 is 9.64 Å². The van der Waals surface area contributed by atoms with Gasteiger partial charge in [0.1, 0.15) is 6.10 Å². The van der Waals surface area contributed by atoms with Crippen LogP contribution in [0.2, 0.25) is 0 Å². The number of benzene rings is 1. The fourth-order valence-corrected chi connectivity index (χ4v) is 3.60. The summed E-state index contributed by atoms with van der Waals surface area (Å²) in [5, 5.41) is 0. The SMILES string of the molecule is CCC(=O)OC1CC(Br)CC1N(C(=O)CC)c1ccccc1. The highest BCUT2D eigenvalue weighted by atomic mass is 79.9. The number of hydrogen-bond donors (Lipinski definition) is 0. The first-order valence-corrected chi connectivity index (χ1v) is 8.69. The zero-order valence-electron chi connectivity index (χ0n) is 13.0. The number of hydrogen-bond acceptors (Lipinski definition) is 3. The van der Waals surface area contributed by atoms with Gasteiger partial charge in [-0.1, -0.05) is 48.0 Å². The molecular formula is C17H22BrNO3. The molecule has 1 fully saturated rings. The zero-order valence-corrected chi connectivity index (χ0v) is 14.6. The highest BCUT2D eigenvalue weighted by Gasteiger charge is 2.41. The Hall–Kier alpha value is -1.36. The fraction of sp³-hybridized carbons (Fsp3) is 0.529. The topological polar surface area (TPSA) is 46.6 Å². The second-order valence-electron chi connectivity index (χ2n) is 5.47. The van der Waals surface area contributed by atoms with Crippen molar-refractivity contribution in [3.63, 3.8) is 0 Å². The summed E-state index contributed by atoms with van der Waals surface area (Å²) in [6, 6.07) is 9.49. The summed E-state index contributed by atoms with van der Waals surface area (Å²) in [6.45, 7) is 3.63. The number of para-hydroxylation sites is 1. The van der Waals surface area contributed by atoms with Crippen LogP contribution in [0.3, 0.4) is 0 Å². The predicted octanol–water partition coefficient (Wildman–Crippen LogP) is 3.68. The van der Waals surface area contributed by atoms with E-state index in [-0.39, 0.29) is 28.8 Å². The van der Waals surface area contributed by atoms with E-state index < -0.39 is 0 Å². The maximum atomic E-state index is 12.5. The van der Waals surface area contributed by atoms with E-state index in [0.29, 0.717) is 12.8 Å². The maximum absolute atomic E-state index is 12.5. The van der Waals surface area contributed by atoms with Crippen molar-refractivity contribution in [2.45, 2.75) is 56.5 Å². The van der Waals surface area contributed by atoms with Gasteiger partial charge in [0, 0.05) is 23.4 Å². The average molecular weight is 368 g/mol. The minimum atomic E-state index is -0.257. The minimum Gasteiger partial charge on any atom is -0.460 e. The Morgan fingerprint density at radius 1 is 1.18 bits per heavy atom. The van der Waals surface area contributed by atoms with Crippen molar-refractivity contribution < 1.29 is 14.3 Å². The van der Waals surface area contributed by atoms with Gasteiger partial charge in [0.2, 0.25) is 5.91 Å². The standard InChI is InChI=1S/C17H22BrNO3/c1-3-16(20)19(13-8-6-5-7-9-13)14-10-12(18)11-15(14)22-17(21)4-2/h5-9,12,14-15H,3-4,10-11H2,1-2H3. The number of nitrogens with zero attached hydrogens (tertiary/aromatic N) is 1. The number of rotatable bonds is 5. The molecule has 1 amide bonds. The Bertz CT molecular complexity index is 520. The van der Waals surface area contributed by atoms with E-state index >= 15 is 0 Å². The number of alkyl halides is 1. The maximum Gasteiger partial charge on any atom is 0.305 e. The lowest BCUT2D eigenvalue weighted by atomic mass is 10.1. The number of anilines is 1. The molecular weight excluding hydrogens is 346 g/mol. The smallest absolute Gasteiger partial charge is 0.305 e. The fourth-order valence-electron chi connectivity index (χ4n) is 2.85. The van der Waals surface area contributed by atoms with Gasteiger partial charge in [0.25, 0.3) is 0 Å². The normalized spacial score (nSPS) is 24.0. The van der Waals surface area contributed by atoms with E-state index in [9.17, 15) is 9.59 Å². The van der Waals surface area contributed by atoms with Crippen molar-refractivity contribution >= 4 is 33.5 Å². The molecule has 22 heavy (non-hydrogen) atoms. The number of esters is 1. The van der Waals surface area contributed by atoms with Crippen LogP contribution in [0.1, 0.15) is 39.5 Å².